The van der Waals surface area contributed by atoms with Crippen molar-refractivity contribution < 1.29 is 4.74 Å². The molecule has 1 fully saturated rings. The van der Waals surface area contributed by atoms with Crippen molar-refractivity contribution in [3.63, 3.8) is 0 Å². The van der Waals surface area contributed by atoms with Gasteiger partial charge in [0.15, 0.2) is 5.13 Å². The van der Waals surface area contributed by atoms with Gasteiger partial charge in [-0.05, 0) is 19.8 Å². The maximum Gasteiger partial charge on any atom is 0.182 e. The molecule has 0 unspecified atom stereocenters. The summed E-state index contributed by atoms with van der Waals surface area (Å²) in [6.07, 6.45) is 8.16. The van der Waals surface area contributed by atoms with E-state index in [0.29, 0.717) is 0 Å². The van der Waals surface area contributed by atoms with Gasteiger partial charge in [-0.3, -0.25) is 0 Å². The van der Waals surface area contributed by atoms with E-state index in [9.17, 15) is 0 Å². The summed E-state index contributed by atoms with van der Waals surface area (Å²) in [5, 5.41) is 4.42. The molecular formula is C12H20N2OS. The zero-order chi connectivity index (χ0) is 11.4. The van der Waals surface area contributed by atoms with Crippen molar-refractivity contribution in [2.24, 2.45) is 0 Å². The Kier molecular flexibility index (Phi) is 3.82. The van der Waals surface area contributed by atoms with Crippen LogP contribution in [0.25, 0.3) is 0 Å². The number of anilines is 1. The molecule has 0 radical (unpaired) electrons. The predicted octanol–water partition coefficient (Wildman–Crippen LogP) is 3.21. The van der Waals surface area contributed by atoms with Crippen LogP contribution in [0.15, 0.2) is 6.20 Å². The highest BCUT2D eigenvalue weighted by atomic mass is 32.1. The lowest BCUT2D eigenvalue weighted by Gasteiger charge is -2.36. The highest BCUT2D eigenvalue weighted by Crippen LogP contribution is 2.31. The Morgan fingerprint density at radius 3 is 2.75 bits per heavy atom. The molecule has 0 amide bonds. The third kappa shape index (κ3) is 2.74. The number of thiazole rings is 1. The van der Waals surface area contributed by atoms with E-state index < -0.39 is 0 Å². The van der Waals surface area contributed by atoms with Crippen molar-refractivity contribution in [2.45, 2.75) is 44.6 Å². The van der Waals surface area contributed by atoms with Gasteiger partial charge < -0.3 is 10.1 Å². The van der Waals surface area contributed by atoms with Gasteiger partial charge in [-0.1, -0.05) is 19.3 Å². The molecule has 1 heterocycles. The van der Waals surface area contributed by atoms with Crippen LogP contribution in [0.1, 0.15) is 37.0 Å². The highest BCUT2D eigenvalue weighted by molar-refractivity contribution is 7.15. The molecule has 0 saturated heterocycles. The van der Waals surface area contributed by atoms with Crippen LogP contribution in [0.2, 0.25) is 0 Å². The van der Waals surface area contributed by atoms with Crippen molar-refractivity contribution in [3.8, 4) is 0 Å². The summed E-state index contributed by atoms with van der Waals surface area (Å²) < 4.78 is 5.72. The SMILES string of the molecule is COC1(CNc2ncc(C)s2)CCCCC1. The molecule has 0 aromatic carbocycles. The van der Waals surface area contributed by atoms with E-state index in [1.54, 1.807) is 11.3 Å². The zero-order valence-corrected chi connectivity index (χ0v) is 10.9. The summed E-state index contributed by atoms with van der Waals surface area (Å²) >= 11 is 1.71. The zero-order valence-electron chi connectivity index (χ0n) is 10.1. The fraction of sp³-hybridized carbons (Fsp3) is 0.750. The van der Waals surface area contributed by atoms with Gasteiger partial charge in [-0.25, -0.2) is 4.98 Å². The Morgan fingerprint density at radius 2 is 2.19 bits per heavy atom. The summed E-state index contributed by atoms with van der Waals surface area (Å²) in [5.41, 5.74) is 0.0395. The molecular weight excluding hydrogens is 220 g/mol. The van der Waals surface area contributed by atoms with Crippen LogP contribution < -0.4 is 5.32 Å². The Bertz CT molecular complexity index is 332. The van der Waals surface area contributed by atoms with Crippen LogP contribution in [0.5, 0.6) is 0 Å². The molecule has 0 spiro atoms. The number of hydrogen-bond donors (Lipinski definition) is 1. The average Bonchev–Trinajstić information content (AvgIpc) is 2.74. The first-order valence-electron chi connectivity index (χ1n) is 5.96. The van der Waals surface area contributed by atoms with Crippen LogP contribution in [-0.2, 0) is 4.74 Å². The number of nitrogens with one attached hydrogen (secondary N) is 1. The van der Waals surface area contributed by atoms with Crippen LogP contribution in [0.3, 0.4) is 0 Å². The van der Waals surface area contributed by atoms with Gasteiger partial charge in [0.25, 0.3) is 0 Å². The van der Waals surface area contributed by atoms with Gasteiger partial charge in [0.1, 0.15) is 0 Å². The molecule has 4 heteroatoms. The van der Waals surface area contributed by atoms with Gasteiger partial charge >= 0.3 is 0 Å². The van der Waals surface area contributed by atoms with Crippen molar-refractivity contribution in [1.29, 1.82) is 0 Å². The van der Waals surface area contributed by atoms with Gasteiger partial charge in [0.05, 0.1) is 5.60 Å². The molecule has 1 saturated carbocycles. The van der Waals surface area contributed by atoms with Gasteiger partial charge in [0.2, 0.25) is 0 Å². The van der Waals surface area contributed by atoms with E-state index >= 15 is 0 Å². The van der Waals surface area contributed by atoms with Crippen LogP contribution in [0.4, 0.5) is 5.13 Å². The molecule has 1 aliphatic rings. The smallest absolute Gasteiger partial charge is 0.182 e. The second-order valence-corrected chi connectivity index (χ2v) is 5.81. The molecule has 3 nitrogen and oxygen atoms in total. The number of aromatic nitrogens is 1. The van der Waals surface area contributed by atoms with Crippen molar-refractivity contribution in [3.05, 3.63) is 11.1 Å². The second kappa shape index (κ2) is 5.15. The monoisotopic (exact) mass is 240 g/mol. The minimum Gasteiger partial charge on any atom is -0.376 e. The standard InChI is InChI=1S/C12H20N2OS/c1-10-8-13-11(16-10)14-9-12(15-2)6-4-3-5-7-12/h8H,3-7,9H2,1-2H3,(H,13,14). The van der Waals surface area contributed by atoms with Crippen molar-refractivity contribution in [1.82, 2.24) is 4.98 Å². The minimum absolute atomic E-state index is 0.0395. The van der Waals surface area contributed by atoms with Crippen LogP contribution >= 0.6 is 11.3 Å². The Hall–Kier alpha value is -0.610. The number of ether oxygens (including phenoxy) is 1. The number of aryl methyl sites for hydroxylation is 1. The molecule has 0 atom stereocenters. The molecule has 1 aliphatic carbocycles. The average molecular weight is 240 g/mol. The molecule has 1 N–H and O–H groups in total. The third-order valence-corrected chi connectivity index (χ3v) is 4.25. The van der Waals surface area contributed by atoms with Gasteiger partial charge in [-0.15, -0.1) is 11.3 Å². The van der Waals surface area contributed by atoms with Crippen LogP contribution in [0, 0.1) is 6.92 Å². The maximum absolute atomic E-state index is 5.72. The molecule has 0 bridgehead atoms. The summed E-state index contributed by atoms with van der Waals surface area (Å²) in [7, 11) is 1.83. The Balaban J connectivity index is 1.91. The maximum atomic E-state index is 5.72. The lowest BCUT2D eigenvalue weighted by Crippen LogP contribution is -2.40. The molecule has 1 aromatic rings. The normalized spacial score (nSPS) is 19.6. The van der Waals surface area contributed by atoms with E-state index in [1.807, 2.05) is 13.3 Å². The highest BCUT2D eigenvalue weighted by Gasteiger charge is 2.31. The summed E-state index contributed by atoms with van der Waals surface area (Å²) in [6.45, 7) is 2.96. The molecule has 1 aromatic heterocycles. The lowest BCUT2D eigenvalue weighted by atomic mass is 9.84. The summed E-state index contributed by atoms with van der Waals surface area (Å²) in [5.74, 6) is 0. The van der Waals surface area contributed by atoms with Gasteiger partial charge in [-0.2, -0.15) is 0 Å². The number of rotatable bonds is 4. The quantitative estimate of drug-likeness (QED) is 0.877. The molecule has 90 valence electrons. The molecule has 16 heavy (non-hydrogen) atoms. The van der Waals surface area contributed by atoms with E-state index in [0.717, 1.165) is 11.7 Å². The summed E-state index contributed by atoms with van der Waals surface area (Å²) in [4.78, 5) is 5.57. The molecule has 0 aliphatic heterocycles. The number of methoxy groups -OCH3 is 1. The second-order valence-electron chi connectivity index (χ2n) is 4.58. The third-order valence-electron chi connectivity index (χ3n) is 3.38. The van der Waals surface area contributed by atoms with Crippen molar-refractivity contribution >= 4 is 16.5 Å². The van der Waals surface area contributed by atoms with E-state index in [2.05, 4.69) is 17.2 Å². The number of hydrogen-bond acceptors (Lipinski definition) is 4. The Labute approximate surface area is 101 Å². The lowest BCUT2D eigenvalue weighted by molar-refractivity contribution is -0.0279. The molecule has 2 rings (SSSR count). The Morgan fingerprint density at radius 1 is 1.44 bits per heavy atom. The fourth-order valence-electron chi connectivity index (χ4n) is 2.32. The van der Waals surface area contributed by atoms with E-state index in [1.165, 1.54) is 37.0 Å². The van der Waals surface area contributed by atoms with Crippen molar-refractivity contribution in [2.75, 3.05) is 19.0 Å². The number of nitrogens with zero attached hydrogens (tertiary/aromatic N) is 1. The van der Waals surface area contributed by atoms with Gasteiger partial charge in [0, 0.05) is 24.7 Å². The fourth-order valence-corrected chi connectivity index (χ4v) is 2.98. The largest absolute Gasteiger partial charge is 0.376 e. The first-order chi connectivity index (χ1) is 7.74. The van der Waals surface area contributed by atoms with E-state index in [-0.39, 0.29) is 5.60 Å². The van der Waals surface area contributed by atoms with E-state index in [4.69, 9.17) is 4.74 Å². The minimum atomic E-state index is 0.0395. The first kappa shape index (κ1) is 11.9. The summed E-state index contributed by atoms with van der Waals surface area (Å²) in [6, 6.07) is 0. The first-order valence-corrected chi connectivity index (χ1v) is 6.77. The topological polar surface area (TPSA) is 34.1 Å². The predicted molar refractivity (Wildman–Crippen MR) is 68.2 cm³/mol. The van der Waals surface area contributed by atoms with Crippen LogP contribution in [-0.4, -0.2) is 24.2 Å².